The summed E-state index contributed by atoms with van der Waals surface area (Å²) in [4.78, 5) is 25.8. The predicted molar refractivity (Wildman–Crippen MR) is 100 cm³/mol. The monoisotopic (exact) mass is 389 g/mol. The molecule has 3 rings (SSSR count). The molecule has 2 aromatic rings. The summed E-state index contributed by atoms with van der Waals surface area (Å²) in [7, 11) is 0. The number of urea groups is 1. The number of piperidine rings is 1. The number of hydrogen-bond acceptors (Lipinski definition) is 3. The molecule has 2 heterocycles. The standard InChI is InChI=1S/C20H21F2N3O3/c21-16-4-1-5-17(22)19(16)24-20(27)23-13-14-8-10-25(11-9-14)18(26)7-6-15-3-2-12-28-15/h1-7,12,14H,8-11,13H2,(H2,23,24,27). The second kappa shape index (κ2) is 9.16. The highest BCUT2D eigenvalue weighted by Gasteiger charge is 2.22. The summed E-state index contributed by atoms with van der Waals surface area (Å²) in [5, 5.41) is 4.82. The van der Waals surface area contributed by atoms with Crippen molar-refractivity contribution >= 4 is 23.7 Å². The minimum atomic E-state index is -0.829. The number of anilines is 1. The van der Waals surface area contributed by atoms with Gasteiger partial charge in [-0.3, -0.25) is 4.79 Å². The molecule has 0 unspecified atom stereocenters. The zero-order valence-electron chi connectivity index (χ0n) is 15.2. The van der Waals surface area contributed by atoms with Gasteiger partial charge in [0.1, 0.15) is 23.1 Å². The summed E-state index contributed by atoms with van der Waals surface area (Å²) < 4.78 is 32.2. The molecule has 3 amide bonds. The van der Waals surface area contributed by atoms with Crippen molar-refractivity contribution in [1.82, 2.24) is 10.2 Å². The summed E-state index contributed by atoms with van der Waals surface area (Å²) in [6.45, 7) is 1.53. The fourth-order valence-electron chi connectivity index (χ4n) is 3.01. The van der Waals surface area contributed by atoms with Gasteiger partial charge in [0.05, 0.1) is 6.26 Å². The van der Waals surface area contributed by atoms with Crippen molar-refractivity contribution in [2.24, 2.45) is 5.92 Å². The highest BCUT2D eigenvalue weighted by molar-refractivity contribution is 5.91. The van der Waals surface area contributed by atoms with Crippen molar-refractivity contribution in [3.8, 4) is 0 Å². The third kappa shape index (κ3) is 5.18. The van der Waals surface area contributed by atoms with E-state index < -0.39 is 23.4 Å². The first-order valence-electron chi connectivity index (χ1n) is 9.02. The quantitative estimate of drug-likeness (QED) is 0.767. The van der Waals surface area contributed by atoms with E-state index in [9.17, 15) is 18.4 Å². The number of carbonyl (C=O) groups is 2. The Kier molecular flexibility index (Phi) is 6.41. The van der Waals surface area contributed by atoms with Gasteiger partial charge < -0.3 is 20.0 Å². The van der Waals surface area contributed by atoms with E-state index in [1.54, 1.807) is 29.4 Å². The highest BCUT2D eigenvalue weighted by Crippen LogP contribution is 2.19. The van der Waals surface area contributed by atoms with Crippen LogP contribution in [-0.4, -0.2) is 36.5 Å². The van der Waals surface area contributed by atoms with Gasteiger partial charge in [-0.05, 0) is 49.1 Å². The molecule has 0 radical (unpaired) electrons. The number of nitrogens with zero attached hydrogens (tertiary/aromatic N) is 1. The summed E-state index contributed by atoms with van der Waals surface area (Å²) >= 11 is 0. The lowest BCUT2D eigenvalue weighted by molar-refractivity contribution is -0.127. The number of rotatable bonds is 5. The molecule has 0 saturated carbocycles. The topological polar surface area (TPSA) is 74.6 Å². The SMILES string of the molecule is O=C(NCC1CCN(C(=O)C=Cc2ccco2)CC1)Nc1c(F)cccc1F. The largest absolute Gasteiger partial charge is 0.465 e. The molecule has 0 spiro atoms. The maximum atomic E-state index is 13.5. The van der Waals surface area contributed by atoms with Crippen LogP contribution in [0.15, 0.2) is 47.1 Å². The number of carbonyl (C=O) groups excluding carboxylic acids is 2. The molecule has 0 bridgehead atoms. The second-order valence-corrected chi connectivity index (χ2v) is 6.55. The minimum Gasteiger partial charge on any atom is -0.465 e. The fraction of sp³-hybridized carbons (Fsp3) is 0.300. The zero-order valence-corrected chi connectivity index (χ0v) is 15.2. The first-order valence-corrected chi connectivity index (χ1v) is 9.02. The molecule has 1 saturated heterocycles. The van der Waals surface area contributed by atoms with Crippen LogP contribution in [0.3, 0.4) is 0 Å². The molecule has 0 aliphatic carbocycles. The van der Waals surface area contributed by atoms with Gasteiger partial charge in [-0.2, -0.15) is 0 Å². The van der Waals surface area contributed by atoms with Gasteiger partial charge in [0.2, 0.25) is 5.91 Å². The fourth-order valence-corrected chi connectivity index (χ4v) is 3.01. The molecule has 1 aromatic heterocycles. The van der Waals surface area contributed by atoms with Crippen LogP contribution in [0, 0.1) is 17.6 Å². The van der Waals surface area contributed by atoms with E-state index >= 15 is 0 Å². The zero-order chi connectivity index (χ0) is 19.9. The normalized spacial score (nSPS) is 15.0. The first kappa shape index (κ1) is 19.6. The van der Waals surface area contributed by atoms with Gasteiger partial charge in [-0.15, -0.1) is 0 Å². The number of amides is 3. The summed E-state index contributed by atoms with van der Waals surface area (Å²) in [5.74, 6) is -0.941. The van der Waals surface area contributed by atoms with Crippen molar-refractivity contribution in [3.05, 3.63) is 60.1 Å². The Morgan fingerprint density at radius 1 is 1.14 bits per heavy atom. The second-order valence-electron chi connectivity index (χ2n) is 6.55. The van der Waals surface area contributed by atoms with Crippen LogP contribution < -0.4 is 10.6 Å². The van der Waals surface area contributed by atoms with E-state index in [4.69, 9.17) is 4.42 Å². The molecule has 1 fully saturated rings. The molecule has 1 aromatic carbocycles. The Hall–Kier alpha value is -3.16. The van der Waals surface area contributed by atoms with Gasteiger partial charge in [-0.25, -0.2) is 13.6 Å². The first-order chi connectivity index (χ1) is 13.5. The predicted octanol–water partition coefficient (Wildman–Crippen LogP) is 3.63. The maximum absolute atomic E-state index is 13.5. The van der Waals surface area contributed by atoms with Crippen LogP contribution in [0.5, 0.6) is 0 Å². The molecule has 6 nitrogen and oxygen atoms in total. The van der Waals surface area contributed by atoms with Crippen molar-refractivity contribution < 1.29 is 22.8 Å². The number of para-hydroxylation sites is 1. The van der Waals surface area contributed by atoms with Crippen LogP contribution in [-0.2, 0) is 4.79 Å². The number of halogens is 2. The van der Waals surface area contributed by atoms with Crippen molar-refractivity contribution in [2.45, 2.75) is 12.8 Å². The lowest BCUT2D eigenvalue weighted by atomic mass is 9.97. The molecule has 148 valence electrons. The van der Waals surface area contributed by atoms with E-state index in [2.05, 4.69) is 10.6 Å². The van der Waals surface area contributed by atoms with Crippen LogP contribution >= 0.6 is 0 Å². The lowest BCUT2D eigenvalue weighted by Gasteiger charge is -2.31. The molecule has 8 heteroatoms. The average molecular weight is 389 g/mol. The third-order valence-electron chi connectivity index (χ3n) is 4.61. The molecular formula is C20H21F2N3O3. The molecular weight excluding hydrogens is 368 g/mol. The minimum absolute atomic E-state index is 0.0874. The average Bonchev–Trinajstić information content (AvgIpc) is 3.21. The van der Waals surface area contributed by atoms with E-state index in [-0.39, 0.29) is 11.8 Å². The highest BCUT2D eigenvalue weighted by atomic mass is 19.1. The van der Waals surface area contributed by atoms with Crippen LogP contribution in [0.25, 0.3) is 6.08 Å². The Bertz CT molecular complexity index is 824. The molecule has 0 atom stereocenters. The van der Waals surface area contributed by atoms with Crippen LogP contribution in [0.2, 0.25) is 0 Å². The van der Waals surface area contributed by atoms with Crippen LogP contribution in [0.4, 0.5) is 19.3 Å². The van der Waals surface area contributed by atoms with E-state index in [1.807, 2.05) is 0 Å². The smallest absolute Gasteiger partial charge is 0.319 e. The Morgan fingerprint density at radius 2 is 1.86 bits per heavy atom. The Morgan fingerprint density at radius 3 is 2.50 bits per heavy atom. The van der Waals surface area contributed by atoms with Gasteiger partial charge in [0, 0.05) is 25.7 Å². The third-order valence-corrected chi connectivity index (χ3v) is 4.61. The van der Waals surface area contributed by atoms with Crippen LogP contribution in [0.1, 0.15) is 18.6 Å². The van der Waals surface area contributed by atoms with E-state index in [1.165, 1.54) is 12.1 Å². The van der Waals surface area contributed by atoms with E-state index in [0.29, 0.717) is 25.4 Å². The number of furan rings is 1. The Labute approximate surface area is 161 Å². The lowest BCUT2D eigenvalue weighted by Crippen LogP contribution is -2.41. The number of likely N-dealkylation sites (tertiary alicyclic amines) is 1. The van der Waals surface area contributed by atoms with Gasteiger partial charge in [0.25, 0.3) is 0 Å². The van der Waals surface area contributed by atoms with Crippen molar-refractivity contribution in [3.63, 3.8) is 0 Å². The maximum Gasteiger partial charge on any atom is 0.319 e. The summed E-state index contributed by atoms with van der Waals surface area (Å²) in [5.41, 5.74) is -0.469. The Balaban J connectivity index is 1.40. The van der Waals surface area contributed by atoms with Crippen molar-refractivity contribution in [1.29, 1.82) is 0 Å². The number of nitrogens with one attached hydrogen (secondary N) is 2. The molecule has 2 N–H and O–H groups in total. The molecule has 1 aliphatic heterocycles. The van der Waals surface area contributed by atoms with Gasteiger partial charge in [-0.1, -0.05) is 6.07 Å². The summed E-state index contributed by atoms with van der Waals surface area (Å²) in [6, 6.07) is 6.23. The van der Waals surface area contributed by atoms with Crippen molar-refractivity contribution in [2.75, 3.05) is 25.0 Å². The number of benzene rings is 1. The van der Waals surface area contributed by atoms with E-state index in [0.717, 1.165) is 25.0 Å². The summed E-state index contributed by atoms with van der Waals surface area (Å²) in [6.07, 6.45) is 6.11. The molecule has 1 aliphatic rings. The molecule has 28 heavy (non-hydrogen) atoms. The number of hydrogen-bond donors (Lipinski definition) is 2. The van der Waals surface area contributed by atoms with Gasteiger partial charge >= 0.3 is 6.03 Å². The van der Waals surface area contributed by atoms with Gasteiger partial charge in [0.15, 0.2) is 0 Å².